The minimum Gasteiger partial charge on any atom is -0.381 e. The SMILES string of the molecule is CCO[C@H]1C[C@H](NCc2ccnn2-c2ccccc2)C12CCOCC2. The second-order valence-electron chi connectivity index (χ2n) is 7.03. The van der Waals surface area contributed by atoms with Gasteiger partial charge in [0.05, 0.1) is 17.5 Å². The van der Waals surface area contributed by atoms with Gasteiger partial charge < -0.3 is 14.8 Å². The number of nitrogens with one attached hydrogen (secondary N) is 1. The van der Waals surface area contributed by atoms with Crippen molar-refractivity contribution in [1.29, 1.82) is 0 Å². The molecule has 5 heteroatoms. The quantitative estimate of drug-likeness (QED) is 0.878. The van der Waals surface area contributed by atoms with Crippen molar-refractivity contribution in [3.8, 4) is 5.69 Å². The van der Waals surface area contributed by atoms with E-state index in [0.717, 1.165) is 51.3 Å². The van der Waals surface area contributed by atoms with Gasteiger partial charge in [-0.3, -0.25) is 0 Å². The molecule has 1 N–H and O–H groups in total. The number of hydrogen-bond acceptors (Lipinski definition) is 4. The van der Waals surface area contributed by atoms with Crippen molar-refractivity contribution in [2.24, 2.45) is 5.41 Å². The molecule has 1 saturated heterocycles. The van der Waals surface area contributed by atoms with Gasteiger partial charge in [0.2, 0.25) is 0 Å². The van der Waals surface area contributed by atoms with Gasteiger partial charge in [-0.2, -0.15) is 5.10 Å². The monoisotopic (exact) mass is 341 g/mol. The van der Waals surface area contributed by atoms with Crippen LogP contribution in [0.15, 0.2) is 42.6 Å². The van der Waals surface area contributed by atoms with Crippen LogP contribution < -0.4 is 5.32 Å². The van der Waals surface area contributed by atoms with E-state index >= 15 is 0 Å². The maximum Gasteiger partial charge on any atom is 0.0662 e. The van der Waals surface area contributed by atoms with Gasteiger partial charge in [0.1, 0.15) is 0 Å². The third-order valence-electron chi connectivity index (χ3n) is 5.83. The standard InChI is InChI=1S/C20H27N3O2/c1-2-25-19-14-18(20(19)9-12-24-13-10-20)21-15-17-8-11-22-23(17)16-6-4-3-5-7-16/h3-8,11,18-19,21H,2,9-10,12-15H2,1H3/t18-,19-/m0/s1. The molecule has 2 atom stereocenters. The van der Waals surface area contributed by atoms with Crippen LogP contribution in [0.2, 0.25) is 0 Å². The summed E-state index contributed by atoms with van der Waals surface area (Å²) in [5.41, 5.74) is 2.53. The summed E-state index contributed by atoms with van der Waals surface area (Å²) in [6.07, 6.45) is 5.52. The summed E-state index contributed by atoms with van der Waals surface area (Å²) in [6.45, 7) is 5.40. The van der Waals surface area contributed by atoms with E-state index in [1.807, 2.05) is 29.1 Å². The van der Waals surface area contributed by atoms with Gasteiger partial charge in [-0.15, -0.1) is 0 Å². The Balaban J connectivity index is 1.44. The highest BCUT2D eigenvalue weighted by atomic mass is 16.5. The van der Waals surface area contributed by atoms with E-state index in [0.29, 0.717) is 12.1 Å². The van der Waals surface area contributed by atoms with Crippen molar-refractivity contribution in [3.05, 3.63) is 48.3 Å². The number of rotatable bonds is 6. The molecule has 1 spiro atoms. The fourth-order valence-corrected chi connectivity index (χ4v) is 4.39. The molecule has 0 unspecified atom stereocenters. The molecule has 1 aliphatic carbocycles. The Morgan fingerprint density at radius 1 is 1.24 bits per heavy atom. The van der Waals surface area contributed by atoms with Crippen LogP contribution in [0.25, 0.3) is 5.69 Å². The summed E-state index contributed by atoms with van der Waals surface area (Å²) >= 11 is 0. The first-order valence-corrected chi connectivity index (χ1v) is 9.34. The molecule has 1 aromatic heterocycles. The zero-order valence-electron chi connectivity index (χ0n) is 14.9. The summed E-state index contributed by atoms with van der Waals surface area (Å²) in [7, 11) is 0. The topological polar surface area (TPSA) is 48.3 Å². The van der Waals surface area contributed by atoms with Crippen molar-refractivity contribution < 1.29 is 9.47 Å². The Bertz CT molecular complexity index is 679. The van der Waals surface area contributed by atoms with Crippen LogP contribution in [0.1, 0.15) is 31.9 Å². The Morgan fingerprint density at radius 3 is 2.80 bits per heavy atom. The third-order valence-corrected chi connectivity index (χ3v) is 5.83. The lowest BCUT2D eigenvalue weighted by molar-refractivity contribution is -0.173. The van der Waals surface area contributed by atoms with E-state index in [2.05, 4.69) is 35.5 Å². The summed E-state index contributed by atoms with van der Waals surface area (Å²) < 4.78 is 13.6. The fourth-order valence-electron chi connectivity index (χ4n) is 4.39. The second kappa shape index (κ2) is 7.28. The molecule has 1 aliphatic heterocycles. The molecule has 5 nitrogen and oxygen atoms in total. The van der Waals surface area contributed by atoms with Crippen molar-refractivity contribution in [1.82, 2.24) is 15.1 Å². The first kappa shape index (κ1) is 16.8. The maximum absolute atomic E-state index is 6.02. The van der Waals surface area contributed by atoms with E-state index in [4.69, 9.17) is 9.47 Å². The highest BCUT2D eigenvalue weighted by Crippen LogP contribution is 2.50. The van der Waals surface area contributed by atoms with Crippen LogP contribution in [0.3, 0.4) is 0 Å². The smallest absolute Gasteiger partial charge is 0.0662 e. The minimum absolute atomic E-state index is 0.242. The zero-order valence-corrected chi connectivity index (χ0v) is 14.9. The lowest BCUT2D eigenvalue weighted by Gasteiger charge is -2.57. The van der Waals surface area contributed by atoms with Crippen molar-refractivity contribution in [2.45, 2.75) is 44.9 Å². The van der Waals surface area contributed by atoms with E-state index < -0.39 is 0 Å². The summed E-state index contributed by atoms with van der Waals surface area (Å²) in [5.74, 6) is 0. The molecule has 2 heterocycles. The molecular formula is C20H27N3O2. The van der Waals surface area contributed by atoms with E-state index in [1.165, 1.54) is 5.69 Å². The highest BCUT2D eigenvalue weighted by molar-refractivity contribution is 5.32. The van der Waals surface area contributed by atoms with Crippen molar-refractivity contribution >= 4 is 0 Å². The Hall–Kier alpha value is -1.69. The Morgan fingerprint density at radius 2 is 2.04 bits per heavy atom. The van der Waals surface area contributed by atoms with Crippen LogP contribution in [0, 0.1) is 5.41 Å². The molecule has 0 amide bonds. The van der Waals surface area contributed by atoms with Gasteiger partial charge >= 0.3 is 0 Å². The number of ether oxygens (including phenoxy) is 2. The number of hydrogen-bond donors (Lipinski definition) is 1. The van der Waals surface area contributed by atoms with Crippen molar-refractivity contribution in [3.63, 3.8) is 0 Å². The molecule has 4 rings (SSSR count). The molecule has 0 bridgehead atoms. The molecule has 2 aromatic rings. The van der Waals surface area contributed by atoms with Gasteiger partial charge in [0, 0.05) is 44.0 Å². The molecule has 2 aliphatic rings. The molecule has 2 fully saturated rings. The Labute approximate surface area is 149 Å². The summed E-state index contributed by atoms with van der Waals surface area (Å²) in [4.78, 5) is 0. The molecule has 1 saturated carbocycles. The number of aromatic nitrogens is 2. The van der Waals surface area contributed by atoms with E-state index in [1.54, 1.807) is 0 Å². The number of para-hydroxylation sites is 1. The fraction of sp³-hybridized carbons (Fsp3) is 0.550. The first-order valence-electron chi connectivity index (χ1n) is 9.34. The molecule has 1 aromatic carbocycles. The first-order chi connectivity index (χ1) is 12.3. The minimum atomic E-state index is 0.242. The van der Waals surface area contributed by atoms with Gasteiger partial charge in [-0.05, 0) is 44.4 Å². The summed E-state index contributed by atoms with van der Waals surface area (Å²) in [5, 5.41) is 8.27. The number of nitrogens with zero attached hydrogens (tertiary/aromatic N) is 2. The van der Waals surface area contributed by atoms with Gasteiger partial charge in [0.25, 0.3) is 0 Å². The van der Waals surface area contributed by atoms with Crippen LogP contribution >= 0.6 is 0 Å². The molecular weight excluding hydrogens is 314 g/mol. The lowest BCUT2D eigenvalue weighted by atomic mass is 9.57. The van der Waals surface area contributed by atoms with Gasteiger partial charge in [-0.25, -0.2) is 4.68 Å². The van der Waals surface area contributed by atoms with Crippen LogP contribution in [0.5, 0.6) is 0 Å². The molecule has 25 heavy (non-hydrogen) atoms. The van der Waals surface area contributed by atoms with Gasteiger partial charge in [0.15, 0.2) is 0 Å². The summed E-state index contributed by atoms with van der Waals surface area (Å²) in [6, 6.07) is 12.9. The third kappa shape index (κ3) is 3.12. The van der Waals surface area contributed by atoms with Gasteiger partial charge in [-0.1, -0.05) is 18.2 Å². The van der Waals surface area contributed by atoms with Crippen LogP contribution in [0.4, 0.5) is 0 Å². The van der Waals surface area contributed by atoms with E-state index in [9.17, 15) is 0 Å². The number of benzene rings is 1. The van der Waals surface area contributed by atoms with E-state index in [-0.39, 0.29) is 5.41 Å². The second-order valence-corrected chi connectivity index (χ2v) is 7.03. The molecule has 0 radical (unpaired) electrons. The average molecular weight is 341 g/mol. The predicted molar refractivity (Wildman–Crippen MR) is 96.7 cm³/mol. The van der Waals surface area contributed by atoms with Crippen LogP contribution in [-0.2, 0) is 16.0 Å². The molecule has 134 valence electrons. The lowest BCUT2D eigenvalue weighted by Crippen LogP contribution is -2.65. The average Bonchev–Trinajstić information content (AvgIpc) is 3.14. The predicted octanol–water partition coefficient (Wildman–Crippen LogP) is 2.94. The maximum atomic E-state index is 6.02. The zero-order chi connectivity index (χ0) is 17.1. The van der Waals surface area contributed by atoms with Crippen LogP contribution in [-0.4, -0.2) is 41.7 Å². The normalized spacial score (nSPS) is 25.0. The van der Waals surface area contributed by atoms with Crippen molar-refractivity contribution in [2.75, 3.05) is 19.8 Å². The highest BCUT2D eigenvalue weighted by Gasteiger charge is 2.55. The Kier molecular flexibility index (Phi) is 4.88. The largest absolute Gasteiger partial charge is 0.381 e.